The summed E-state index contributed by atoms with van der Waals surface area (Å²) < 4.78 is 1.91. The van der Waals surface area contributed by atoms with Gasteiger partial charge >= 0.3 is 0 Å². The number of nitrogens with zero attached hydrogens (tertiary/aromatic N) is 3. The average molecular weight is 188 g/mol. The maximum atomic E-state index is 4.24. The molecule has 1 N–H and O–H groups in total. The highest BCUT2D eigenvalue weighted by Gasteiger charge is 1.99. The summed E-state index contributed by atoms with van der Waals surface area (Å²) in [5.41, 5.74) is 1.01. The topological polar surface area (TPSA) is 42.7 Å². The summed E-state index contributed by atoms with van der Waals surface area (Å²) in [4.78, 5) is 8.47. The number of hydrogen-bond acceptors (Lipinski definition) is 3. The molecule has 72 valence electrons. The summed E-state index contributed by atoms with van der Waals surface area (Å²) in [5.74, 6) is 0.891. The molecule has 2 rings (SSSR count). The second-order valence-corrected chi connectivity index (χ2v) is 2.99. The molecule has 0 aromatic carbocycles. The summed E-state index contributed by atoms with van der Waals surface area (Å²) in [6.07, 6.45) is 5.51. The minimum absolute atomic E-state index is 0.778. The second-order valence-electron chi connectivity index (χ2n) is 2.99. The maximum absolute atomic E-state index is 4.24. The van der Waals surface area contributed by atoms with Crippen LogP contribution in [0.4, 0.5) is 0 Å². The van der Waals surface area contributed by atoms with Gasteiger partial charge in [-0.2, -0.15) is 0 Å². The van der Waals surface area contributed by atoms with Crippen LogP contribution in [0.5, 0.6) is 0 Å². The lowest BCUT2D eigenvalue weighted by Crippen LogP contribution is -2.04. The number of imidazole rings is 1. The normalized spacial score (nSPS) is 10.4. The Morgan fingerprint density at radius 2 is 2.29 bits per heavy atom. The van der Waals surface area contributed by atoms with E-state index in [4.69, 9.17) is 0 Å². The van der Waals surface area contributed by atoms with Crippen LogP contribution in [-0.4, -0.2) is 21.6 Å². The van der Waals surface area contributed by atoms with E-state index in [1.165, 1.54) is 0 Å². The summed E-state index contributed by atoms with van der Waals surface area (Å²) in [5, 5.41) is 3.05. The summed E-state index contributed by atoms with van der Waals surface area (Å²) in [6.45, 7) is 0.778. The Morgan fingerprint density at radius 1 is 1.36 bits per heavy atom. The van der Waals surface area contributed by atoms with E-state index in [1.54, 1.807) is 12.5 Å². The van der Waals surface area contributed by atoms with Crippen LogP contribution in [-0.2, 0) is 6.54 Å². The SMILES string of the molecule is CNCc1cn(-c2ccccn2)cn1. The molecule has 0 amide bonds. The molecule has 0 aliphatic heterocycles. The summed E-state index contributed by atoms with van der Waals surface area (Å²) >= 11 is 0. The molecule has 0 spiro atoms. The Kier molecular flexibility index (Phi) is 2.55. The third kappa shape index (κ3) is 1.80. The molecule has 2 aromatic rings. The fourth-order valence-electron chi connectivity index (χ4n) is 1.27. The monoisotopic (exact) mass is 188 g/mol. The molecule has 4 nitrogen and oxygen atoms in total. The highest BCUT2D eigenvalue weighted by molar-refractivity contribution is 5.22. The predicted octanol–water partition coefficient (Wildman–Crippen LogP) is 0.987. The van der Waals surface area contributed by atoms with Crippen molar-refractivity contribution in [3.63, 3.8) is 0 Å². The molecule has 0 unspecified atom stereocenters. The van der Waals surface area contributed by atoms with Gasteiger partial charge in [0.05, 0.1) is 5.69 Å². The first-order valence-corrected chi connectivity index (χ1v) is 4.49. The molecule has 0 saturated carbocycles. The molecule has 0 atom stereocenters. The smallest absolute Gasteiger partial charge is 0.137 e. The van der Waals surface area contributed by atoms with E-state index >= 15 is 0 Å². The fourth-order valence-corrected chi connectivity index (χ4v) is 1.27. The molecule has 0 bridgehead atoms. The number of aromatic nitrogens is 3. The van der Waals surface area contributed by atoms with E-state index in [1.807, 2.05) is 36.0 Å². The molecule has 0 saturated heterocycles. The van der Waals surface area contributed by atoms with Gasteiger partial charge in [0.1, 0.15) is 12.1 Å². The fraction of sp³-hybridized carbons (Fsp3) is 0.200. The average Bonchev–Trinajstić information content (AvgIpc) is 2.68. The second kappa shape index (κ2) is 4.02. The molecule has 0 aliphatic carbocycles. The van der Waals surface area contributed by atoms with Crippen LogP contribution < -0.4 is 5.32 Å². The van der Waals surface area contributed by atoms with Crippen molar-refractivity contribution in [3.8, 4) is 5.82 Å². The molecule has 0 aliphatic rings. The van der Waals surface area contributed by atoms with Gasteiger partial charge in [-0.1, -0.05) is 6.07 Å². The molecular formula is C10H12N4. The Hall–Kier alpha value is -1.68. The Balaban J connectivity index is 2.25. The quantitative estimate of drug-likeness (QED) is 0.781. The van der Waals surface area contributed by atoms with Gasteiger partial charge in [0.2, 0.25) is 0 Å². The van der Waals surface area contributed by atoms with E-state index in [0.29, 0.717) is 0 Å². The predicted molar refractivity (Wildman–Crippen MR) is 54.1 cm³/mol. The van der Waals surface area contributed by atoms with Crippen LogP contribution in [0, 0.1) is 0 Å². The minimum atomic E-state index is 0.778. The summed E-state index contributed by atoms with van der Waals surface area (Å²) in [6, 6.07) is 5.81. The highest BCUT2D eigenvalue weighted by Crippen LogP contribution is 2.04. The lowest BCUT2D eigenvalue weighted by Gasteiger charge is -1.98. The van der Waals surface area contributed by atoms with Crippen molar-refractivity contribution < 1.29 is 0 Å². The van der Waals surface area contributed by atoms with Crippen LogP contribution in [0.2, 0.25) is 0 Å². The first-order valence-electron chi connectivity index (χ1n) is 4.49. The van der Waals surface area contributed by atoms with Gasteiger partial charge < -0.3 is 5.32 Å². The molecule has 2 heterocycles. The highest BCUT2D eigenvalue weighted by atomic mass is 15.1. The number of rotatable bonds is 3. The molecular weight excluding hydrogens is 176 g/mol. The zero-order chi connectivity index (χ0) is 9.80. The van der Waals surface area contributed by atoms with E-state index < -0.39 is 0 Å². The van der Waals surface area contributed by atoms with Crippen molar-refractivity contribution in [3.05, 3.63) is 42.6 Å². The van der Waals surface area contributed by atoms with Crippen molar-refractivity contribution >= 4 is 0 Å². The summed E-state index contributed by atoms with van der Waals surface area (Å²) in [7, 11) is 1.90. The van der Waals surface area contributed by atoms with Crippen molar-refractivity contribution in [2.75, 3.05) is 7.05 Å². The van der Waals surface area contributed by atoms with E-state index in [9.17, 15) is 0 Å². The van der Waals surface area contributed by atoms with Crippen molar-refractivity contribution in [1.82, 2.24) is 19.9 Å². The number of hydrogen-bond donors (Lipinski definition) is 1. The Labute approximate surface area is 82.6 Å². The van der Waals surface area contributed by atoms with Crippen LogP contribution in [0.1, 0.15) is 5.69 Å². The largest absolute Gasteiger partial charge is 0.314 e. The van der Waals surface area contributed by atoms with E-state index in [0.717, 1.165) is 18.1 Å². The Morgan fingerprint density at radius 3 is 3.00 bits per heavy atom. The van der Waals surface area contributed by atoms with Gasteiger partial charge in [-0.15, -0.1) is 0 Å². The number of nitrogens with one attached hydrogen (secondary N) is 1. The zero-order valence-corrected chi connectivity index (χ0v) is 8.01. The van der Waals surface area contributed by atoms with Gasteiger partial charge in [-0.25, -0.2) is 9.97 Å². The molecule has 0 fully saturated rings. The van der Waals surface area contributed by atoms with Crippen LogP contribution >= 0.6 is 0 Å². The molecule has 2 aromatic heterocycles. The third-order valence-corrected chi connectivity index (χ3v) is 1.91. The molecule has 4 heteroatoms. The third-order valence-electron chi connectivity index (χ3n) is 1.91. The lowest BCUT2D eigenvalue weighted by molar-refractivity contribution is 0.796. The van der Waals surface area contributed by atoms with Crippen LogP contribution in [0.15, 0.2) is 36.9 Å². The van der Waals surface area contributed by atoms with Gasteiger partial charge in [0, 0.05) is 18.9 Å². The van der Waals surface area contributed by atoms with Crippen molar-refractivity contribution in [1.29, 1.82) is 0 Å². The first kappa shape index (κ1) is 8.90. The van der Waals surface area contributed by atoms with E-state index in [2.05, 4.69) is 15.3 Å². The molecule has 0 radical (unpaired) electrons. The minimum Gasteiger partial charge on any atom is -0.314 e. The van der Waals surface area contributed by atoms with Crippen molar-refractivity contribution in [2.45, 2.75) is 6.54 Å². The molecule has 14 heavy (non-hydrogen) atoms. The maximum Gasteiger partial charge on any atom is 0.137 e. The van der Waals surface area contributed by atoms with Crippen LogP contribution in [0.3, 0.4) is 0 Å². The Bertz CT molecular complexity index is 394. The van der Waals surface area contributed by atoms with Crippen LogP contribution in [0.25, 0.3) is 5.82 Å². The number of pyridine rings is 1. The van der Waals surface area contributed by atoms with E-state index in [-0.39, 0.29) is 0 Å². The standard InChI is InChI=1S/C10H12N4/c1-11-6-9-7-14(8-13-9)10-4-2-3-5-12-10/h2-5,7-8,11H,6H2,1H3. The first-order chi connectivity index (χ1) is 6.90. The van der Waals surface area contributed by atoms with Gasteiger partial charge in [0.15, 0.2) is 0 Å². The van der Waals surface area contributed by atoms with Gasteiger partial charge in [-0.3, -0.25) is 4.57 Å². The lowest BCUT2D eigenvalue weighted by atomic mass is 10.4. The zero-order valence-electron chi connectivity index (χ0n) is 8.01. The van der Waals surface area contributed by atoms with Crippen molar-refractivity contribution in [2.24, 2.45) is 0 Å². The van der Waals surface area contributed by atoms with Gasteiger partial charge in [-0.05, 0) is 19.2 Å². The van der Waals surface area contributed by atoms with Gasteiger partial charge in [0.25, 0.3) is 0 Å².